The fourth-order valence-corrected chi connectivity index (χ4v) is 5.04. The molecule has 2 aromatic heterocycles. The molecule has 27 heavy (non-hydrogen) atoms. The molecule has 0 atom stereocenters. The van der Waals surface area contributed by atoms with E-state index in [2.05, 4.69) is 28.7 Å². The fraction of sp³-hybridized carbons (Fsp3) is 0.318. The van der Waals surface area contributed by atoms with Gasteiger partial charge in [0.25, 0.3) is 5.91 Å². The van der Waals surface area contributed by atoms with E-state index in [1.807, 2.05) is 29.2 Å². The van der Waals surface area contributed by atoms with Crippen LogP contribution in [0.15, 0.2) is 54.4 Å². The van der Waals surface area contributed by atoms with Gasteiger partial charge in [-0.05, 0) is 42.0 Å². The number of aromatic nitrogens is 1. The molecule has 2 heterocycles. The van der Waals surface area contributed by atoms with Gasteiger partial charge < -0.3 is 9.47 Å². The minimum atomic E-state index is 0.0464. The first-order chi connectivity index (χ1) is 13.2. The summed E-state index contributed by atoms with van der Waals surface area (Å²) < 4.78 is 3.46. The van der Waals surface area contributed by atoms with Crippen LogP contribution in [0.2, 0.25) is 5.02 Å². The zero-order chi connectivity index (χ0) is 18.8. The Morgan fingerprint density at radius 2 is 2.07 bits per heavy atom. The van der Waals surface area contributed by atoms with Gasteiger partial charge >= 0.3 is 0 Å². The van der Waals surface area contributed by atoms with Gasteiger partial charge in [-0.25, -0.2) is 0 Å². The van der Waals surface area contributed by atoms with Crippen LogP contribution in [0, 0.1) is 0 Å². The van der Waals surface area contributed by atoms with Crippen LogP contribution in [0.3, 0.4) is 0 Å². The van der Waals surface area contributed by atoms with E-state index in [0.717, 1.165) is 24.1 Å². The number of amides is 1. The second-order valence-electron chi connectivity index (χ2n) is 7.07. The molecule has 0 N–H and O–H groups in total. The van der Waals surface area contributed by atoms with Crippen molar-refractivity contribution < 1.29 is 4.79 Å². The van der Waals surface area contributed by atoms with Crippen LogP contribution in [0.1, 0.15) is 47.8 Å². The highest BCUT2D eigenvalue weighted by Gasteiger charge is 2.27. The van der Waals surface area contributed by atoms with Crippen molar-refractivity contribution in [1.29, 1.82) is 0 Å². The molecule has 4 rings (SSSR count). The summed E-state index contributed by atoms with van der Waals surface area (Å²) in [5.41, 5.74) is 2.93. The lowest BCUT2D eigenvalue weighted by atomic mass is 10.2. The largest absolute Gasteiger partial charge is 0.333 e. The van der Waals surface area contributed by atoms with Crippen molar-refractivity contribution in [3.05, 3.63) is 70.7 Å². The first kappa shape index (κ1) is 18.3. The first-order valence-electron chi connectivity index (χ1n) is 9.41. The van der Waals surface area contributed by atoms with Crippen molar-refractivity contribution in [1.82, 2.24) is 9.47 Å². The maximum Gasteiger partial charge on any atom is 0.271 e. The lowest BCUT2D eigenvalue weighted by molar-refractivity contribution is 0.0750. The summed E-state index contributed by atoms with van der Waals surface area (Å²) >= 11 is 8.03. The highest BCUT2D eigenvalue weighted by molar-refractivity contribution is 7.17. The Bertz CT molecular complexity index is 968. The third-order valence-electron chi connectivity index (χ3n) is 5.32. The lowest BCUT2D eigenvalue weighted by Crippen LogP contribution is -2.32. The third-order valence-corrected chi connectivity index (χ3v) is 6.55. The summed E-state index contributed by atoms with van der Waals surface area (Å²) in [7, 11) is 0. The summed E-state index contributed by atoms with van der Waals surface area (Å²) in [6.45, 7) is 4.82. The molecule has 5 heteroatoms. The number of fused-ring (bicyclic) bond motifs is 1. The molecule has 1 aliphatic carbocycles. The number of rotatable bonds is 6. The van der Waals surface area contributed by atoms with Gasteiger partial charge in [0.05, 0.1) is 10.2 Å². The van der Waals surface area contributed by atoms with E-state index in [1.54, 1.807) is 17.4 Å². The quantitative estimate of drug-likeness (QED) is 0.447. The van der Waals surface area contributed by atoms with E-state index in [-0.39, 0.29) is 5.91 Å². The van der Waals surface area contributed by atoms with Gasteiger partial charge in [-0.2, -0.15) is 0 Å². The molecule has 1 aromatic carbocycles. The van der Waals surface area contributed by atoms with Gasteiger partial charge in [-0.3, -0.25) is 4.79 Å². The SMILES string of the molecule is C=CCN(Cc1ccccc1Cl)C(=O)c1cc2sccc2n1C1CCCC1. The van der Waals surface area contributed by atoms with E-state index in [0.29, 0.717) is 24.2 Å². The molecule has 1 fully saturated rings. The molecule has 1 aliphatic rings. The van der Waals surface area contributed by atoms with Gasteiger partial charge in [0.2, 0.25) is 0 Å². The molecule has 0 unspecified atom stereocenters. The second-order valence-corrected chi connectivity index (χ2v) is 8.43. The normalized spacial score (nSPS) is 14.7. The number of thiophene rings is 1. The maximum atomic E-state index is 13.5. The van der Waals surface area contributed by atoms with Gasteiger partial charge in [0.15, 0.2) is 0 Å². The minimum Gasteiger partial charge on any atom is -0.333 e. The summed E-state index contributed by atoms with van der Waals surface area (Å²) in [4.78, 5) is 15.3. The fourth-order valence-electron chi connectivity index (χ4n) is 4.03. The molecular formula is C22H23ClN2OS. The topological polar surface area (TPSA) is 25.2 Å². The third kappa shape index (κ3) is 3.56. The van der Waals surface area contributed by atoms with Crippen LogP contribution in [-0.2, 0) is 6.54 Å². The van der Waals surface area contributed by atoms with Crippen LogP contribution >= 0.6 is 22.9 Å². The number of hydrogen-bond donors (Lipinski definition) is 0. The monoisotopic (exact) mass is 398 g/mol. The Hall–Kier alpha value is -2.04. The Morgan fingerprint density at radius 3 is 2.81 bits per heavy atom. The number of benzene rings is 1. The molecule has 0 radical (unpaired) electrons. The molecule has 1 saturated carbocycles. The Morgan fingerprint density at radius 1 is 1.30 bits per heavy atom. The average Bonchev–Trinajstić information content (AvgIpc) is 3.39. The van der Waals surface area contributed by atoms with Crippen molar-refractivity contribution >= 4 is 39.1 Å². The summed E-state index contributed by atoms with van der Waals surface area (Å²) in [6, 6.07) is 12.3. The number of hydrogen-bond acceptors (Lipinski definition) is 2. The molecule has 0 saturated heterocycles. The standard InChI is InChI=1S/C22H23ClN2OS/c1-2-12-24(15-16-7-3-6-10-18(16)23)22(26)20-14-21-19(11-13-27-21)25(20)17-8-4-5-9-17/h2-3,6-7,10-11,13-14,17H,1,4-5,8-9,12,15H2. The number of carbonyl (C=O) groups excluding carboxylic acids is 1. The van der Waals surface area contributed by atoms with Crippen molar-refractivity contribution in [2.45, 2.75) is 38.3 Å². The van der Waals surface area contributed by atoms with Crippen LogP contribution in [0.25, 0.3) is 10.2 Å². The molecule has 0 spiro atoms. The van der Waals surface area contributed by atoms with E-state index in [9.17, 15) is 4.79 Å². The van der Waals surface area contributed by atoms with Crippen LogP contribution in [-0.4, -0.2) is 21.9 Å². The summed E-state index contributed by atoms with van der Waals surface area (Å²) in [5, 5.41) is 2.79. The van der Waals surface area contributed by atoms with E-state index in [1.165, 1.54) is 23.1 Å². The van der Waals surface area contributed by atoms with Crippen LogP contribution in [0.5, 0.6) is 0 Å². The molecule has 0 bridgehead atoms. The summed E-state index contributed by atoms with van der Waals surface area (Å²) in [5.74, 6) is 0.0464. The molecule has 0 aliphatic heterocycles. The molecule has 1 amide bonds. The average molecular weight is 399 g/mol. The molecule has 140 valence electrons. The Labute approximate surface area is 168 Å². The zero-order valence-corrected chi connectivity index (χ0v) is 16.8. The smallest absolute Gasteiger partial charge is 0.271 e. The number of carbonyl (C=O) groups is 1. The molecule has 3 aromatic rings. The number of nitrogens with zero attached hydrogens (tertiary/aromatic N) is 2. The van der Waals surface area contributed by atoms with Crippen molar-refractivity contribution in [2.75, 3.05) is 6.54 Å². The predicted molar refractivity (Wildman–Crippen MR) is 114 cm³/mol. The number of halogens is 1. The van der Waals surface area contributed by atoms with E-state index in [4.69, 9.17) is 11.6 Å². The Balaban J connectivity index is 1.71. The van der Waals surface area contributed by atoms with Gasteiger partial charge in [0, 0.05) is 24.2 Å². The zero-order valence-electron chi connectivity index (χ0n) is 15.2. The second kappa shape index (κ2) is 7.91. The summed E-state index contributed by atoms with van der Waals surface area (Å²) in [6.07, 6.45) is 6.54. The highest BCUT2D eigenvalue weighted by atomic mass is 35.5. The van der Waals surface area contributed by atoms with Crippen molar-refractivity contribution in [3.63, 3.8) is 0 Å². The van der Waals surface area contributed by atoms with Gasteiger partial charge in [-0.1, -0.05) is 48.7 Å². The predicted octanol–water partition coefficient (Wildman–Crippen LogP) is 6.30. The van der Waals surface area contributed by atoms with Crippen LogP contribution < -0.4 is 0 Å². The van der Waals surface area contributed by atoms with Crippen molar-refractivity contribution in [3.8, 4) is 0 Å². The van der Waals surface area contributed by atoms with Gasteiger partial charge in [0.1, 0.15) is 5.69 Å². The van der Waals surface area contributed by atoms with E-state index < -0.39 is 0 Å². The van der Waals surface area contributed by atoms with E-state index >= 15 is 0 Å². The highest BCUT2D eigenvalue weighted by Crippen LogP contribution is 2.37. The van der Waals surface area contributed by atoms with Crippen LogP contribution in [0.4, 0.5) is 0 Å². The Kier molecular flexibility index (Phi) is 5.37. The lowest BCUT2D eigenvalue weighted by Gasteiger charge is -2.24. The van der Waals surface area contributed by atoms with Gasteiger partial charge in [-0.15, -0.1) is 17.9 Å². The minimum absolute atomic E-state index is 0.0464. The maximum absolute atomic E-state index is 13.5. The first-order valence-corrected chi connectivity index (χ1v) is 10.7. The van der Waals surface area contributed by atoms with Crippen molar-refractivity contribution in [2.24, 2.45) is 0 Å². The molecule has 3 nitrogen and oxygen atoms in total. The molecular weight excluding hydrogens is 376 g/mol.